The monoisotopic (exact) mass is 1130 g/mol. The lowest BCUT2D eigenvalue weighted by atomic mass is 9.90. The van der Waals surface area contributed by atoms with E-state index in [-0.39, 0.29) is 103 Å². The minimum atomic E-state index is -5.07. The van der Waals surface area contributed by atoms with Gasteiger partial charge in [-0.05, 0) is 93.8 Å². The van der Waals surface area contributed by atoms with E-state index in [1.165, 1.54) is 31.2 Å². The molecule has 0 radical (unpaired) electrons. The number of carbonyl (C=O) groups excluding carboxylic acids is 4. The molecule has 2 aromatic rings. The van der Waals surface area contributed by atoms with E-state index in [4.69, 9.17) is 28.8 Å². The second kappa shape index (κ2) is 28.5. The van der Waals surface area contributed by atoms with Crippen molar-refractivity contribution in [2.45, 2.75) is 119 Å². The first kappa shape index (κ1) is 60.9. The number of hydrogen-bond acceptors (Lipinski definition) is 16. The van der Waals surface area contributed by atoms with Crippen LogP contribution in [0.5, 0.6) is 0 Å². The Morgan fingerprint density at radius 1 is 0.792 bits per heavy atom. The Bertz CT molecular complexity index is 3000. The van der Waals surface area contributed by atoms with Crippen LogP contribution in [0.25, 0.3) is 33.4 Å². The zero-order valence-corrected chi connectivity index (χ0v) is 46.1. The molecule has 6 rings (SSSR count). The lowest BCUT2D eigenvalue weighted by Crippen LogP contribution is -2.40. The Labute approximate surface area is 452 Å². The number of unbranched alkanes of at least 4 members (excludes halogenated alkanes) is 2. The molecule has 3 aliphatic heterocycles. The van der Waals surface area contributed by atoms with Crippen molar-refractivity contribution >= 4 is 72.4 Å². The molecular formula is C53H70N4O17S3. The maximum absolute atomic E-state index is 13.3. The van der Waals surface area contributed by atoms with Crippen molar-refractivity contribution in [3.05, 3.63) is 64.5 Å². The van der Waals surface area contributed by atoms with Gasteiger partial charge in [0.05, 0.1) is 69.6 Å². The van der Waals surface area contributed by atoms with E-state index in [1.54, 1.807) is 19.1 Å². The first-order valence-corrected chi connectivity index (χ1v) is 29.8. The molecular weight excluding hydrogens is 1060 g/mol. The van der Waals surface area contributed by atoms with Crippen LogP contribution in [0.3, 0.4) is 0 Å². The largest absolute Gasteiger partial charge is 0.481 e. The number of ether oxygens (including phenoxy) is 4. The van der Waals surface area contributed by atoms with Gasteiger partial charge in [-0.3, -0.25) is 33.7 Å². The van der Waals surface area contributed by atoms with E-state index >= 15 is 0 Å². The SMILES string of the molecule is CCN1C(=O)N[C@H]2CS[C@@H](CCCCC(=O)CCCOCCOCCOCCOCCC(=O)C[C@@H](CCCCNC(=O)c3ccc(-c4c5ccc(=N)c(S(=O)(=O)O)c-5oc5c(S(=O)(=O)O)c(C)ccc45)c(C)c3)C(=O)O)[C@H]21. The summed E-state index contributed by atoms with van der Waals surface area (Å²) >= 11 is 1.92. The highest BCUT2D eigenvalue weighted by Crippen LogP contribution is 2.45. The first-order chi connectivity index (χ1) is 36.7. The number of ketones is 2. The third-order valence-electron chi connectivity index (χ3n) is 13.7. The number of urea groups is 1. The minimum Gasteiger partial charge on any atom is -0.481 e. The second-order valence-corrected chi connectivity index (χ2v) is 23.2. The van der Waals surface area contributed by atoms with Crippen molar-refractivity contribution in [3.63, 3.8) is 0 Å². The highest BCUT2D eigenvalue weighted by molar-refractivity contribution is 8.00. The number of aliphatic carboxylic acids is 1. The maximum atomic E-state index is 13.3. The van der Waals surface area contributed by atoms with Crippen LogP contribution in [-0.2, 0) is 53.6 Å². The van der Waals surface area contributed by atoms with E-state index in [1.807, 2.05) is 23.6 Å². The number of carboxylic acids is 1. The van der Waals surface area contributed by atoms with Crippen LogP contribution in [0.4, 0.5) is 4.79 Å². The van der Waals surface area contributed by atoms with Gasteiger partial charge in [-0.1, -0.05) is 31.0 Å². The van der Waals surface area contributed by atoms with Crippen molar-refractivity contribution in [1.29, 1.82) is 5.41 Å². The van der Waals surface area contributed by atoms with Gasteiger partial charge in [0, 0.05) is 78.5 Å². The zero-order chi connectivity index (χ0) is 55.9. The summed E-state index contributed by atoms with van der Waals surface area (Å²) in [5.74, 6) is -2.02. The molecule has 422 valence electrons. The van der Waals surface area contributed by atoms with E-state index in [0.717, 1.165) is 31.1 Å². The molecule has 0 unspecified atom stereocenters. The lowest BCUT2D eigenvalue weighted by molar-refractivity contribution is -0.144. The number of carboxylic acid groups (broad SMARTS) is 1. The smallest absolute Gasteiger partial charge is 0.318 e. The number of likely N-dealkylation sites (N-methyl/N-ethyl adjacent to an activating group) is 1. The van der Waals surface area contributed by atoms with Crippen LogP contribution in [0.15, 0.2) is 56.7 Å². The number of hydrogen-bond donors (Lipinski definition) is 6. The van der Waals surface area contributed by atoms with Crippen LogP contribution >= 0.6 is 11.8 Å². The molecule has 2 aromatic carbocycles. The Hall–Kier alpha value is -5.31. The molecule has 4 atom stereocenters. The molecule has 3 amide bonds. The summed E-state index contributed by atoms with van der Waals surface area (Å²) < 4.78 is 98.3. The minimum absolute atomic E-state index is 0.0397. The van der Waals surface area contributed by atoms with Gasteiger partial charge in [0.1, 0.15) is 16.5 Å². The Kier molecular flexibility index (Phi) is 22.6. The summed E-state index contributed by atoms with van der Waals surface area (Å²) in [6.45, 7) is 8.64. The molecule has 1 aliphatic carbocycles. The van der Waals surface area contributed by atoms with Crippen molar-refractivity contribution in [2.75, 3.05) is 71.7 Å². The number of thioether (sulfide) groups is 1. The summed E-state index contributed by atoms with van der Waals surface area (Å²) in [6, 6.07) is 10.7. The molecule has 2 saturated heterocycles. The standard InChI is InChI=1S/C53H70N4O17S3/c1-4-57-46-43(56-53(57)63)32-75-44(46)13-6-5-11-37(58)12-9-22-70-24-26-72-28-29-73-27-25-71-23-20-38(59)31-36(52(61)62)10-7-8-21-55-51(60)35-15-17-39(34(3)30-35)45-40-16-14-33(2)49(76(64,65)66)47(40)74-48-41(45)18-19-42(54)50(48)77(67,68)69/h14-19,30,36,43-44,46,54H,4-13,20-29,31-32H2,1-3H3,(H,55,60)(H,56,63)(H,61,62)(H,64,65,66)(H,67,68,69)/t36-,43+,44+,46+/m1/s1. The number of aryl methyl sites for hydroxylation is 2. The van der Waals surface area contributed by atoms with Crippen molar-refractivity contribution in [1.82, 2.24) is 15.5 Å². The Balaban J connectivity index is 0.810. The normalized spacial score (nSPS) is 17.0. The molecule has 3 heterocycles. The van der Waals surface area contributed by atoms with Gasteiger partial charge in [-0.25, -0.2) is 4.79 Å². The van der Waals surface area contributed by atoms with Gasteiger partial charge in [0.2, 0.25) is 0 Å². The predicted molar refractivity (Wildman–Crippen MR) is 285 cm³/mol. The lowest BCUT2D eigenvalue weighted by Gasteiger charge is -2.26. The highest BCUT2D eigenvalue weighted by Gasteiger charge is 2.47. The van der Waals surface area contributed by atoms with Crippen LogP contribution < -0.4 is 16.0 Å². The van der Waals surface area contributed by atoms with Gasteiger partial charge in [-0.15, -0.1) is 0 Å². The second-order valence-electron chi connectivity index (χ2n) is 19.2. The average molecular weight is 1130 g/mol. The fourth-order valence-corrected chi connectivity index (χ4v) is 13.0. The van der Waals surface area contributed by atoms with Crippen LogP contribution in [0, 0.1) is 25.2 Å². The molecule has 0 spiro atoms. The molecule has 0 aromatic heterocycles. The quantitative estimate of drug-likeness (QED) is 0.0124. The average Bonchev–Trinajstić information content (AvgIpc) is 3.93. The van der Waals surface area contributed by atoms with Crippen molar-refractivity contribution in [2.24, 2.45) is 5.92 Å². The summed E-state index contributed by atoms with van der Waals surface area (Å²) in [4.78, 5) is 62.7. The third kappa shape index (κ3) is 16.6. The number of Topliss-reactive ketones (excluding diaryl/α,β-unsaturated/α-hetero) is 2. The number of rotatable bonds is 34. The molecule has 24 heteroatoms. The summed E-state index contributed by atoms with van der Waals surface area (Å²) in [6.07, 6.45) is 5.51. The third-order valence-corrected chi connectivity index (χ3v) is 17.1. The van der Waals surface area contributed by atoms with Crippen LogP contribution in [-0.4, -0.2) is 154 Å². The number of carbonyl (C=O) groups is 5. The zero-order valence-electron chi connectivity index (χ0n) is 43.6. The van der Waals surface area contributed by atoms with Gasteiger partial charge < -0.3 is 44.0 Å². The van der Waals surface area contributed by atoms with Gasteiger partial charge in [0.15, 0.2) is 16.2 Å². The molecule has 0 saturated carbocycles. The number of nitrogens with zero attached hydrogens (tertiary/aromatic N) is 1. The molecule has 2 fully saturated rings. The maximum Gasteiger partial charge on any atom is 0.318 e. The Morgan fingerprint density at radius 2 is 1.44 bits per heavy atom. The molecule has 0 bridgehead atoms. The fraction of sp³-hybridized carbons (Fsp3) is 0.547. The van der Waals surface area contributed by atoms with Gasteiger partial charge in [-0.2, -0.15) is 28.6 Å². The number of amides is 3. The summed E-state index contributed by atoms with van der Waals surface area (Å²) in [5, 5.41) is 23.9. The van der Waals surface area contributed by atoms with Crippen LogP contribution in [0.1, 0.15) is 99.0 Å². The highest BCUT2D eigenvalue weighted by atomic mass is 32.2. The molecule has 4 aliphatic rings. The van der Waals surface area contributed by atoms with E-state index in [9.17, 15) is 55.0 Å². The van der Waals surface area contributed by atoms with Crippen molar-refractivity contribution < 1.29 is 78.4 Å². The molecule has 6 N–H and O–H groups in total. The topological polar surface area (TPSA) is 316 Å². The van der Waals surface area contributed by atoms with E-state index < -0.39 is 64.5 Å². The first-order valence-electron chi connectivity index (χ1n) is 25.9. The molecule has 77 heavy (non-hydrogen) atoms. The van der Waals surface area contributed by atoms with Gasteiger partial charge in [0.25, 0.3) is 26.1 Å². The van der Waals surface area contributed by atoms with E-state index in [2.05, 4.69) is 10.6 Å². The van der Waals surface area contributed by atoms with Crippen molar-refractivity contribution in [3.8, 4) is 22.5 Å². The van der Waals surface area contributed by atoms with Crippen LogP contribution in [0.2, 0.25) is 0 Å². The van der Waals surface area contributed by atoms with Gasteiger partial charge >= 0.3 is 12.0 Å². The predicted octanol–water partition coefficient (Wildman–Crippen LogP) is 6.62. The number of fused-ring (bicyclic) bond motifs is 3. The summed E-state index contributed by atoms with van der Waals surface area (Å²) in [5.41, 5.74) is 1.19. The fourth-order valence-electron chi connectivity index (χ4n) is 9.85. The number of benzene rings is 3. The van der Waals surface area contributed by atoms with E-state index in [0.29, 0.717) is 88.1 Å². The summed E-state index contributed by atoms with van der Waals surface area (Å²) in [7, 11) is -10.0. The molecule has 21 nitrogen and oxygen atoms in total. The Morgan fingerprint density at radius 3 is 2.09 bits per heavy atom. The number of nitrogens with one attached hydrogen (secondary N) is 3.